The van der Waals surface area contributed by atoms with Crippen molar-refractivity contribution in [2.75, 3.05) is 31.1 Å². The van der Waals surface area contributed by atoms with Gasteiger partial charge in [0.2, 0.25) is 11.8 Å². The number of H-pyrrole nitrogens is 1. The van der Waals surface area contributed by atoms with E-state index in [0.29, 0.717) is 38.3 Å². The molecule has 32 heavy (non-hydrogen) atoms. The molecule has 2 aromatic carbocycles. The van der Waals surface area contributed by atoms with Gasteiger partial charge in [-0.1, -0.05) is 30.3 Å². The zero-order chi connectivity index (χ0) is 22.7. The maximum Gasteiger partial charge on any atom is 0.292 e. The Balaban J connectivity index is 1.47. The summed E-state index contributed by atoms with van der Waals surface area (Å²) in [7, 11) is 0. The number of nitrogens with zero attached hydrogens (tertiary/aromatic N) is 3. The van der Waals surface area contributed by atoms with Crippen molar-refractivity contribution in [3.8, 4) is 0 Å². The molecule has 9 heteroatoms. The molecule has 0 unspecified atom stereocenters. The van der Waals surface area contributed by atoms with E-state index in [0.717, 1.165) is 16.5 Å². The smallest absolute Gasteiger partial charge is 0.292 e. The molecule has 1 saturated heterocycles. The van der Waals surface area contributed by atoms with Gasteiger partial charge in [0.1, 0.15) is 11.7 Å². The van der Waals surface area contributed by atoms with E-state index in [1.807, 2.05) is 35.4 Å². The van der Waals surface area contributed by atoms with Crippen molar-refractivity contribution < 1.29 is 14.5 Å². The van der Waals surface area contributed by atoms with E-state index in [4.69, 9.17) is 0 Å². The highest BCUT2D eigenvalue weighted by atomic mass is 16.6. The first kappa shape index (κ1) is 21.4. The third-order valence-electron chi connectivity index (χ3n) is 5.79. The predicted molar refractivity (Wildman–Crippen MR) is 121 cm³/mol. The predicted octanol–water partition coefficient (Wildman–Crippen LogP) is 2.47. The minimum absolute atomic E-state index is 0.0581. The molecule has 0 bridgehead atoms. The van der Waals surface area contributed by atoms with Crippen molar-refractivity contribution in [2.24, 2.45) is 0 Å². The van der Waals surface area contributed by atoms with Crippen LogP contribution in [0.5, 0.6) is 0 Å². The Morgan fingerprint density at radius 3 is 2.50 bits per heavy atom. The number of nitro groups is 1. The van der Waals surface area contributed by atoms with Crippen LogP contribution in [0.15, 0.2) is 54.7 Å². The fraction of sp³-hybridized carbons (Fsp3) is 0.304. The van der Waals surface area contributed by atoms with E-state index < -0.39 is 6.04 Å². The number of para-hydroxylation sites is 3. The topological polar surface area (TPSA) is 112 Å². The number of carbonyl (C=O) groups excluding carboxylic acids is 2. The van der Waals surface area contributed by atoms with Gasteiger partial charge >= 0.3 is 0 Å². The lowest BCUT2D eigenvalue weighted by atomic mass is 10.0. The number of nitro benzene ring substituents is 1. The van der Waals surface area contributed by atoms with Crippen molar-refractivity contribution in [2.45, 2.75) is 19.4 Å². The van der Waals surface area contributed by atoms with Gasteiger partial charge in [-0.15, -0.1) is 0 Å². The van der Waals surface area contributed by atoms with Gasteiger partial charge in [-0.25, -0.2) is 0 Å². The Labute approximate surface area is 185 Å². The van der Waals surface area contributed by atoms with E-state index in [-0.39, 0.29) is 22.4 Å². The third-order valence-corrected chi connectivity index (χ3v) is 5.79. The van der Waals surface area contributed by atoms with Crippen molar-refractivity contribution in [1.29, 1.82) is 0 Å². The average Bonchev–Trinajstić information content (AvgIpc) is 3.21. The first-order valence-corrected chi connectivity index (χ1v) is 10.5. The van der Waals surface area contributed by atoms with E-state index in [1.54, 1.807) is 23.1 Å². The number of piperazine rings is 1. The molecule has 4 rings (SSSR count). The summed E-state index contributed by atoms with van der Waals surface area (Å²) in [6.07, 6.45) is 2.26. The van der Waals surface area contributed by atoms with Crippen LogP contribution in [0.3, 0.4) is 0 Å². The van der Waals surface area contributed by atoms with Crippen molar-refractivity contribution in [3.05, 3.63) is 70.4 Å². The summed E-state index contributed by atoms with van der Waals surface area (Å²) in [5, 5.41) is 15.2. The normalized spacial score (nSPS) is 14.9. The first-order valence-electron chi connectivity index (χ1n) is 10.5. The second kappa shape index (κ2) is 9.09. The van der Waals surface area contributed by atoms with Crippen LogP contribution in [0.1, 0.15) is 12.5 Å². The van der Waals surface area contributed by atoms with Gasteiger partial charge in [-0.2, -0.15) is 0 Å². The summed E-state index contributed by atoms with van der Waals surface area (Å²) < 4.78 is 0. The van der Waals surface area contributed by atoms with Crippen LogP contribution in [-0.4, -0.2) is 58.8 Å². The Hall–Kier alpha value is -3.88. The number of carbonyl (C=O) groups is 2. The van der Waals surface area contributed by atoms with Crippen molar-refractivity contribution >= 4 is 34.1 Å². The van der Waals surface area contributed by atoms with E-state index in [2.05, 4.69) is 10.3 Å². The number of fused-ring (bicyclic) bond motifs is 1. The van der Waals surface area contributed by atoms with E-state index >= 15 is 0 Å². The molecule has 1 aliphatic heterocycles. The SMILES string of the molecule is CC(=O)N[C@H](Cc1c[nH]c2ccccc12)C(=O)N1CCN(c2ccccc2[N+](=O)[O-])CC1. The Morgan fingerprint density at radius 2 is 1.78 bits per heavy atom. The standard InChI is InChI=1S/C23H25N5O4/c1-16(29)25-20(14-17-15-24-19-7-3-2-6-18(17)19)23(30)27-12-10-26(11-13-27)21-8-4-5-9-22(21)28(31)32/h2-9,15,20,24H,10-14H2,1H3,(H,25,29)/t20-/m1/s1. The first-order chi connectivity index (χ1) is 15.4. The van der Waals surface area contributed by atoms with Crippen LogP contribution in [0.4, 0.5) is 11.4 Å². The number of hydrogen-bond donors (Lipinski definition) is 2. The minimum Gasteiger partial charge on any atom is -0.362 e. The van der Waals surface area contributed by atoms with Crippen LogP contribution < -0.4 is 10.2 Å². The highest BCUT2D eigenvalue weighted by Crippen LogP contribution is 2.28. The molecule has 166 valence electrons. The van der Waals surface area contributed by atoms with Gasteiger partial charge < -0.3 is 20.1 Å². The molecule has 3 aromatic rings. The summed E-state index contributed by atoms with van der Waals surface area (Å²) in [4.78, 5) is 42.9. The fourth-order valence-corrected chi connectivity index (χ4v) is 4.24. The summed E-state index contributed by atoms with van der Waals surface area (Å²) in [5.41, 5.74) is 2.56. The number of aromatic amines is 1. The molecule has 1 atom stereocenters. The molecule has 2 amide bonds. The van der Waals surface area contributed by atoms with E-state index in [1.165, 1.54) is 13.0 Å². The molecule has 2 heterocycles. The molecule has 0 spiro atoms. The van der Waals surface area contributed by atoms with Crippen LogP contribution >= 0.6 is 0 Å². The van der Waals surface area contributed by atoms with Gasteiger partial charge in [0.05, 0.1) is 4.92 Å². The molecule has 0 radical (unpaired) electrons. The fourth-order valence-electron chi connectivity index (χ4n) is 4.24. The van der Waals surface area contributed by atoms with Gasteiger partial charge in [-0.05, 0) is 17.7 Å². The van der Waals surface area contributed by atoms with E-state index in [9.17, 15) is 19.7 Å². The number of hydrogen-bond acceptors (Lipinski definition) is 5. The average molecular weight is 435 g/mol. The highest BCUT2D eigenvalue weighted by Gasteiger charge is 2.30. The Bertz CT molecular complexity index is 1150. The number of aromatic nitrogens is 1. The maximum atomic E-state index is 13.3. The van der Waals surface area contributed by atoms with Crippen LogP contribution in [-0.2, 0) is 16.0 Å². The monoisotopic (exact) mass is 435 g/mol. The Morgan fingerprint density at radius 1 is 1.09 bits per heavy atom. The molecule has 2 N–H and O–H groups in total. The molecule has 0 aliphatic carbocycles. The molecule has 1 aliphatic rings. The molecular weight excluding hydrogens is 410 g/mol. The van der Waals surface area contributed by atoms with Crippen LogP contribution in [0, 0.1) is 10.1 Å². The second-order valence-electron chi connectivity index (χ2n) is 7.87. The van der Waals surface area contributed by atoms with Crippen LogP contribution in [0.2, 0.25) is 0 Å². The zero-order valence-electron chi connectivity index (χ0n) is 17.8. The number of benzene rings is 2. The number of anilines is 1. The maximum absolute atomic E-state index is 13.3. The summed E-state index contributed by atoms with van der Waals surface area (Å²) >= 11 is 0. The molecule has 0 saturated carbocycles. The third kappa shape index (κ3) is 4.41. The lowest BCUT2D eigenvalue weighted by Crippen LogP contribution is -2.55. The second-order valence-corrected chi connectivity index (χ2v) is 7.87. The lowest BCUT2D eigenvalue weighted by molar-refractivity contribution is -0.384. The van der Waals surface area contributed by atoms with Gasteiger partial charge in [0.25, 0.3) is 5.69 Å². The Kier molecular flexibility index (Phi) is 6.07. The number of amides is 2. The largest absolute Gasteiger partial charge is 0.362 e. The quantitative estimate of drug-likeness (QED) is 0.456. The van der Waals surface area contributed by atoms with Crippen molar-refractivity contribution in [1.82, 2.24) is 15.2 Å². The molecular formula is C23H25N5O4. The minimum atomic E-state index is -0.677. The van der Waals surface area contributed by atoms with Crippen molar-refractivity contribution in [3.63, 3.8) is 0 Å². The summed E-state index contributed by atoms with van der Waals surface area (Å²) in [6.45, 7) is 3.22. The summed E-state index contributed by atoms with van der Waals surface area (Å²) in [6, 6.07) is 13.8. The van der Waals surface area contributed by atoms with Gasteiger partial charge in [0.15, 0.2) is 0 Å². The van der Waals surface area contributed by atoms with Crippen LogP contribution in [0.25, 0.3) is 10.9 Å². The highest BCUT2D eigenvalue weighted by molar-refractivity contribution is 5.89. The zero-order valence-corrected chi connectivity index (χ0v) is 17.8. The molecule has 1 aromatic heterocycles. The molecule has 1 fully saturated rings. The lowest BCUT2D eigenvalue weighted by Gasteiger charge is -2.37. The molecule has 9 nitrogen and oxygen atoms in total. The number of nitrogens with one attached hydrogen (secondary N) is 2. The number of rotatable bonds is 6. The van der Waals surface area contributed by atoms with Gasteiger partial charge in [0, 0.05) is 62.7 Å². The summed E-state index contributed by atoms with van der Waals surface area (Å²) in [5.74, 6) is -0.408. The van der Waals surface area contributed by atoms with Gasteiger partial charge in [-0.3, -0.25) is 19.7 Å².